The zero-order chi connectivity index (χ0) is 23.8. The number of ether oxygens (including phenoxy) is 1. The Morgan fingerprint density at radius 2 is 1.91 bits per heavy atom. The third kappa shape index (κ3) is 3.07. The molecule has 1 aromatic heterocycles. The van der Waals surface area contributed by atoms with E-state index in [1.54, 1.807) is 11.8 Å². The Labute approximate surface area is 203 Å². The lowest BCUT2D eigenvalue weighted by atomic mass is 9.49. The van der Waals surface area contributed by atoms with Crippen molar-refractivity contribution in [3.8, 4) is 5.75 Å². The van der Waals surface area contributed by atoms with E-state index in [4.69, 9.17) is 4.74 Å². The van der Waals surface area contributed by atoms with Crippen molar-refractivity contribution >= 4 is 16.9 Å². The zero-order valence-electron chi connectivity index (χ0n) is 21.2. The van der Waals surface area contributed by atoms with Crippen LogP contribution in [-0.2, 0) is 0 Å². The van der Waals surface area contributed by atoms with Gasteiger partial charge in [-0.25, -0.2) is 0 Å². The average molecular weight is 462 g/mol. The molecule has 5 nitrogen and oxygen atoms in total. The van der Waals surface area contributed by atoms with E-state index >= 15 is 0 Å². The van der Waals surface area contributed by atoms with Crippen LogP contribution >= 0.6 is 0 Å². The first kappa shape index (κ1) is 22.3. The number of aromatic nitrogens is 3. The van der Waals surface area contributed by atoms with Crippen LogP contribution in [0.1, 0.15) is 70.5 Å². The summed E-state index contributed by atoms with van der Waals surface area (Å²) in [6.45, 7) is 11.7. The van der Waals surface area contributed by atoms with Crippen molar-refractivity contribution in [2.24, 2.45) is 52.8 Å². The number of rotatable bonds is 2. The van der Waals surface area contributed by atoms with Crippen LogP contribution in [0.3, 0.4) is 0 Å². The number of hydrogen-bond donors (Lipinski definition) is 0. The normalized spacial score (nSPS) is 41.6. The number of fused-ring (bicyclic) bond motifs is 6. The molecule has 4 aliphatic rings. The SMILES string of the molecule is C=C1C2[C@@H]3CC[C@@H]4C[C@@H](C)CC[C@@H]4C3CC[C@]2(C)[C@@H](C(=O)n2nnc3cc(OC)ccc32)[C@H]1C. The summed E-state index contributed by atoms with van der Waals surface area (Å²) in [6.07, 6.45) is 9.32. The highest BCUT2D eigenvalue weighted by Gasteiger charge is 2.62. The van der Waals surface area contributed by atoms with Crippen LogP contribution < -0.4 is 4.74 Å². The highest BCUT2D eigenvalue weighted by atomic mass is 16.5. The van der Waals surface area contributed by atoms with Gasteiger partial charge in [0.05, 0.1) is 18.5 Å². The minimum Gasteiger partial charge on any atom is -0.497 e. The minimum atomic E-state index is -0.0953. The number of carbonyl (C=O) groups is 1. The lowest BCUT2D eigenvalue weighted by Gasteiger charge is -2.56. The second-order valence-corrected chi connectivity index (χ2v) is 12.3. The number of methoxy groups -OCH3 is 1. The lowest BCUT2D eigenvalue weighted by Crippen LogP contribution is -2.50. The molecule has 9 atom stereocenters. The smallest absolute Gasteiger partial charge is 0.253 e. The van der Waals surface area contributed by atoms with E-state index in [0.29, 0.717) is 17.4 Å². The summed E-state index contributed by atoms with van der Waals surface area (Å²) in [5, 5.41) is 8.61. The number of nitrogens with zero attached hydrogens (tertiary/aromatic N) is 3. The van der Waals surface area contributed by atoms with Crippen LogP contribution in [0.15, 0.2) is 30.4 Å². The molecule has 4 fully saturated rings. The van der Waals surface area contributed by atoms with Gasteiger partial charge in [-0.3, -0.25) is 4.79 Å². The van der Waals surface area contributed by atoms with Gasteiger partial charge in [-0.1, -0.05) is 44.6 Å². The van der Waals surface area contributed by atoms with E-state index in [-0.39, 0.29) is 23.2 Å². The van der Waals surface area contributed by atoms with Crippen LogP contribution in [0.25, 0.3) is 11.0 Å². The fourth-order valence-electron chi connectivity index (χ4n) is 9.26. The van der Waals surface area contributed by atoms with Crippen LogP contribution in [0.5, 0.6) is 5.75 Å². The van der Waals surface area contributed by atoms with E-state index in [9.17, 15) is 4.79 Å². The highest BCUT2D eigenvalue weighted by molar-refractivity contribution is 5.91. The maximum absolute atomic E-state index is 14.1. The largest absolute Gasteiger partial charge is 0.497 e. The molecule has 4 saturated carbocycles. The Kier molecular flexibility index (Phi) is 5.20. The molecule has 6 rings (SSSR count). The monoisotopic (exact) mass is 461 g/mol. The van der Waals surface area contributed by atoms with Crippen LogP contribution in [0.4, 0.5) is 0 Å². The van der Waals surface area contributed by atoms with Crippen molar-refractivity contribution in [2.75, 3.05) is 7.11 Å². The van der Waals surface area contributed by atoms with Gasteiger partial charge < -0.3 is 4.74 Å². The first-order valence-corrected chi connectivity index (χ1v) is 13.5. The summed E-state index contributed by atoms with van der Waals surface area (Å²) in [4.78, 5) is 14.1. The molecule has 0 radical (unpaired) electrons. The molecule has 182 valence electrons. The zero-order valence-corrected chi connectivity index (χ0v) is 21.2. The van der Waals surface area contributed by atoms with E-state index in [2.05, 4.69) is 37.7 Å². The molecule has 2 aromatic rings. The quantitative estimate of drug-likeness (QED) is 0.486. The van der Waals surface area contributed by atoms with E-state index in [0.717, 1.165) is 41.4 Å². The maximum atomic E-state index is 14.1. The van der Waals surface area contributed by atoms with E-state index in [1.807, 2.05) is 18.2 Å². The van der Waals surface area contributed by atoms with Crippen molar-refractivity contribution in [1.82, 2.24) is 15.0 Å². The molecule has 2 unspecified atom stereocenters. The van der Waals surface area contributed by atoms with Crippen molar-refractivity contribution in [2.45, 2.75) is 65.7 Å². The Morgan fingerprint density at radius 3 is 2.71 bits per heavy atom. The summed E-state index contributed by atoms with van der Waals surface area (Å²) >= 11 is 0. The molecule has 0 saturated heterocycles. The van der Waals surface area contributed by atoms with Crippen LogP contribution in [0, 0.1) is 52.8 Å². The van der Waals surface area contributed by atoms with Gasteiger partial charge in [-0.05, 0) is 97.5 Å². The molecule has 0 spiro atoms. The Balaban J connectivity index is 1.33. The van der Waals surface area contributed by atoms with Gasteiger partial charge in [-0.15, -0.1) is 5.10 Å². The predicted octanol–water partition coefficient (Wildman–Crippen LogP) is 6.40. The molecular weight excluding hydrogens is 422 g/mol. The first-order valence-electron chi connectivity index (χ1n) is 13.5. The fraction of sp³-hybridized carbons (Fsp3) is 0.690. The summed E-state index contributed by atoms with van der Waals surface area (Å²) in [5.74, 6) is 5.57. The highest BCUT2D eigenvalue weighted by Crippen LogP contribution is 2.67. The predicted molar refractivity (Wildman–Crippen MR) is 134 cm³/mol. The standard InChI is InChI=1S/C29H39N3O2/c1-16-6-9-21-19(14-16)7-10-23-22(21)12-13-29(4)26(23)17(2)18(3)27(29)28(33)32-25-11-8-20(34-5)15-24(25)30-31-32/h8,11,15-16,18-19,21-23,26-27H,2,6-7,9-10,12-14H2,1,3-5H3/t16-,18-,19+,21-,22?,23+,26?,27+,29-/m0/s1. The average Bonchev–Trinajstić information content (AvgIpc) is 3.34. The molecule has 0 N–H and O–H groups in total. The summed E-state index contributed by atoms with van der Waals surface area (Å²) in [6, 6.07) is 5.64. The van der Waals surface area contributed by atoms with Gasteiger partial charge in [0.2, 0.25) is 0 Å². The molecule has 34 heavy (non-hydrogen) atoms. The number of allylic oxidation sites excluding steroid dienone is 1. The summed E-state index contributed by atoms with van der Waals surface area (Å²) < 4.78 is 6.89. The van der Waals surface area contributed by atoms with Crippen molar-refractivity contribution < 1.29 is 9.53 Å². The summed E-state index contributed by atoms with van der Waals surface area (Å²) in [5.41, 5.74) is 2.74. The number of hydrogen-bond acceptors (Lipinski definition) is 4. The van der Waals surface area contributed by atoms with Gasteiger partial charge in [-0.2, -0.15) is 4.68 Å². The molecule has 0 bridgehead atoms. The van der Waals surface area contributed by atoms with Gasteiger partial charge in [0.25, 0.3) is 5.91 Å². The molecule has 1 aromatic carbocycles. The van der Waals surface area contributed by atoms with Gasteiger partial charge in [0.1, 0.15) is 11.3 Å². The van der Waals surface area contributed by atoms with Crippen molar-refractivity contribution in [3.63, 3.8) is 0 Å². The van der Waals surface area contributed by atoms with E-state index < -0.39 is 0 Å². The third-order valence-corrected chi connectivity index (χ3v) is 10.8. The molecule has 1 heterocycles. The number of benzene rings is 1. The van der Waals surface area contributed by atoms with Crippen molar-refractivity contribution in [1.29, 1.82) is 0 Å². The molecule has 5 heteroatoms. The van der Waals surface area contributed by atoms with Crippen molar-refractivity contribution in [3.05, 3.63) is 30.4 Å². The molecule has 0 amide bonds. The fourth-order valence-corrected chi connectivity index (χ4v) is 9.26. The Morgan fingerprint density at radius 1 is 1.12 bits per heavy atom. The van der Waals surface area contributed by atoms with Gasteiger partial charge >= 0.3 is 0 Å². The first-order chi connectivity index (χ1) is 16.3. The second kappa shape index (κ2) is 7.93. The van der Waals surface area contributed by atoms with E-state index in [1.165, 1.54) is 44.1 Å². The Bertz CT molecular complexity index is 1140. The molecule has 4 aliphatic carbocycles. The molecular formula is C29H39N3O2. The van der Waals surface area contributed by atoms with Gasteiger partial charge in [0, 0.05) is 6.07 Å². The Hall–Kier alpha value is -2.17. The minimum absolute atomic E-state index is 0.0473. The lowest BCUT2D eigenvalue weighted by molar-refractivity contribution is -0.0568. The number of carbonyl (C=O) groups excluding carboxylic acids is 1. The maximum Gasteiger partial charge on any atom is 0.253 e. The van der Waals surface area contributed by atoms with Crippen LogP contribution in [-0.4, -0.2) is 28.0 Å². The molecule has 0 aliphatic heterocycles. The third-order valence-electron chi connectivity index (χ3n) is 10.8. The van der Waals surface area contributed by atoms with Gasteiger partial charge in [0.15, 0.2) is 0 Å². The summed E-state index contributed by atoms with van der Waals surface area (Å²) in [7, 11) is 1.64. The van der Waals surface area contributed by atoms with Crippen LogP contribution in [0.2, 0.25) is 0 Å². The second-order valence-electron chi connectivity index (χ2n) is 12.3. The topological polar surface area (TPSA) is 57.0 Å².